The van der Waals surface area contributed by atoms with E-state index in [1.165, 1.54) is 17.3 Å². The molecule has 0 radical (unpaired) electrons. The Hall–Kier alpha value is -3.78. The number of hydrogen-bond acceptors (Lipinski definition) is 7. The van der Waals surface area contributed by atoms with E-state index in [2.05, 4.69) is 57.4 Å². The van der Waals surface area contributed by atoms with Crippen LogP contribution in [-0.2, 0) is 0 Å². The van der Waals surface area contributed by atoms with Crippen LogP contribution in [0.3, 0.4) is 0 Å². The molecule has 0 saturated heterocycles. The minimum Gasteiger partial charge on any atom is -0.419 e. The van der Waals surface area contributed by atoms with Gasteiger partial charge in [-0.05, 0) is 56.7 Å². The Morgan fingerprint density at radius 1 is 0.879 bits per heavy atom. The Labute approximate surface area is 195 Å². The average molecular weight is 455 g/mol. The molecule has 3 aromatic heterocycles. The van der Waals surface area contributed by atoms with Gasteiger partial charge in [-0.3, -0.25) is 9.55 Å². The fourth-order valence-electron chi connectivity index (χ4n) is 3.59. The van der Waals surface area contributed by atoms with Crippen LogP contribution in [0.4, 0.5) is 0 Å². The highest BCUT2D eigenvalue weighted by atomic mass is 32.2. The minimum atomic E-state index is -0.125. The highest BCUT2D eigenvalue weighted by molar-refractivity contribution is 7.99. The second-order valence-electron chi connectivity index (χ2n) is 7.72. The van der Waals surface area contributed by atoms with Gasteiger partial charge in [-0.2, -0.15) is 0 Å². The first-order chi connectivity index (χ1) is 16.1. The van der Waals surface area contributed by atoms with Crippen LogP contribution in [-0.4, -0.2) is 29.9 Å². The number of nitrogens with zero attached hydrogens (tertiary/aromatic N) is 6. The second kappa shape index (κ2) is 8.99. The molecule has 5 aromatic rings. The normalized spacial score (nSPS) is 12.1. The van der Waals surface area contributed by atoms with Crippen LogP contribution in [0.15, 0.2) is 82.5 Å². The Morgan fingerprint density at radius 2 is 1.70 bits per heavy atom. The molecule has 0 fully saturated rings. The third kappa shape index (κ3) is 4.29. The average Bonchev–Trinajstić information content (AvgIpc) is 3.48. The molecule has 0 saturated carbocycles. The van der Waals surface area contributed by atoms with Crippen LogP contribution in [0.25, 0.3) is 28.7 Å². The maximum Gasteiger partial charge on any atom is 0.247 e. The van der Waals surface area contributed by atoms with E-state index in [1.807, 2.05) is 60.0 Å². The molecule has 8 heteroatoms. The molecule has 5 rings (SSSR count). The van der Waals surface area contributed by atoms with E-state index in [1.54, 1.807) is 6.20 Å². The number of aryl methyl sites for hydroxylation is 2. The first-order valence-corrected chi connectivity index (χ1v) is 11.5. The first-order valence-electron chi connectivity index (χ1n) is 10.6. The molecule has 3 heterocycles. The number of hydrogen-bond donors (Lipinski definition) is 0. The monoisotopic (exact) mass is 454 g/mol. The summed E-state index contributed by atoms with van der Waals surface area (Å²) < 4.78 is 8.02. The molecule has 1 unspecified atom stereocenters. The fourth-order valence-corrected chi connectivity index (χ4v) is 4.48. The van der Waals surface area contributed by atoms with Crippen molar-refractivity contribution in [3.05, 3.63) is 89.9 Å². The van der Waals surface area contributed by atoms with Crippen LogP contribution in [0.5, 0.6) is 0 Å². The van der Waals surface area contributed by atoms with E-state index >= 15 is 0 Å². The lowest BCUT2D eigenvalue weighted by Gasteiger charge is -2.14. The third-order valence-corrected chi connectivity index (χ3v) is 6.24. The van der Waals surface area contributed by atoms with E-state index < -0.39 is 0 Å². The van der Waals surface area contributed by atoms with E-state index in [0.29, 0.717) is 17.6 Å². The van der Waals surface area contributed by atoms with Gasteiger partial charge in [0.2, 0.25) is 11.8 Å². The summed E-state index contributed by atoms with van der Waals surface area (Å²) >= 11 is 1.52. The lowest BCUT2D eigenvalue weighted by molar-refractivity contribution is 0.509. The van der Waals surface area contributed by atoms with Gasteiger partial charge < -0.3 is 4.42 Å². The molecule has 33 heavy (non-hydrogen) atoms. The van der Waals surface area contributed by atoms with Crippen molar-refractivity contribution in [3.63, 3.8) is 0 Å². The summed E-state index contributed by atoms with van der Waals surface area (Å²) in [6.45, 7) is 6.20. The van der Waals surface area contributed by atoms with Gasteiger partial charge in [0.15, 0.2) is 11.0 Å². The van der Waals surface area contributed by atoms with Crippen LogP contribution in [0, 0.1) is 13.8 Å². The molecule has 164 valence electrons. The molecule has 2 aromatic carbocycles. The van der Waals surface area contributed by atoms with Crippen molar-refractivity contribution in [2.45, 2.75) is 31.2 Å². The van der Waals surface area contributed by atoms with Gasteiger partial charge in [-0.1, -0.05) is 53.7 Å². The molecule has 7 nitrogen and oxygen atoms in total. The van der Waals surface area contributed by atoms with Crippen molar-refractivity contribution in [1.29, 1.82) is 0 Å². The van der Waals surface area contributed by atoms with Gasteiger partial charge in [0.05, 0.1) is 10.9 Å². The minimum absolute atomic E-state index is 0.125. The molecule has 0 N–H and O–H groups in total. The van der Waals surface area contributed by atoms with Gasteiger partial charge in [0.1, 0.15) is 5.69 Å². The topological polar surface area (TPSA) is 82.5 Å². The lowest BCUT2D eigenvalue weighted by Crippen LogP contribution is -2.04. The van der Waals surface area contributed by atoms with Crippen molar-refractivity contribution in [2.75, 3.05) is 0 Å². The van der Waals surface area contributed by atoms with Gasteiger partial charge >= 0.3 is 0 Å². The number of pyridine rings is 1. The van der Waals surface area contributed by atoms with Gasteiger partial charge in [-0.15, -0.1) is 20.4 Å². The van der Waals surface area contributed by atoms with Gasteiger partial charge in [0.25, 0.3) is 0 Å². The molecule has 0 aliphatic carbocycles. The maximum atomic E-state index is 5.97. The molecule has 0 aliphatic rings. The van der Waals surface area contributed by atoms with E-state index in [0.717, 1.165) is 27.7 Å². The molecule has 0 bridgehead atoms. The van der Waals surface area contributed by atoms with Gasteiger partial charge in [-0.25, -0.2) is 0 Å². The van der Waals surface area contributed by atoms with Crippen LogP contribution >= 0.6 is 11.8 Å². The Morgan fingerprint density at radius 3 is 2.45 bits per heavy atom. The zero-order valence-corrected chi connectivity index (χ0v) is 19.3. The predicted octanol–water partition coefficient (Wildman–Crippen LogP) is 5.85. The zero-order valence-electron chi connectivity index (χ0n) is 18.5. The SMILES string of the molecule is Cc1ccc(-n2c(SC(C)c3nnc(-c4ccccc4)o3)nnc2-c2ccccn2)c(C)c1. The smallest absolute Gasteiger partial charge is 0.247 e. The van der Waals surface area contributed by atoms with E-state index in [4.69, 9.17) is 4.42 Å². The Balaban J connectivity index is 1.52. The number of thioether (sulfide) groups is 1. The van der Waals surface area contributed by atoms with Crippen molar-refractivity contribution in [1.82, 2.24) is 29.9 Å². The predicted molar refractivity (Wildman–Crippen MR) is 128 cm³/mol. The fraction of sp³-hybridized carbons (Fsp3) is 0.160. The summed E-state index contributed by atoms with van der Waals surface area (Å²) in [6, 6.07) is 21.9. The van der Waals surface area contributed by atoms with Crippen molar-refractivity contribution in [3.8, 4) is 28.7 Å². The summed E-state index contributed by atoms with van der Waals surface area (Å²) in [5, 5.41) is 18.1. The molecule has 0 spiro atoms. The van der Waals surface area contributed by atoms with E-state index in [-0.39, 0.29) is 5.25 Å². The summed E-state index contributed by atoms with van der Waals surface area (Å²) in [5.74, 6) is 1.73. The lowest BCUT2D eigenvalue weighted by atomic mass is 10.1. The van der Waals surface area contributed by atoms with Crippen LogP contribution in [0.1, 0.15) is 29.2 Å². The second-order valence-corrected chi connectivity index (χ2v) is 9.03. The van der Waals surface area contributed by atoms with Gasteiger partial charge in [0, 0.05) is 11.8 Å². The van der Waals surface area contributed by atoms with Crippen molar-refractivity contribution >= 4 is 11.8 Å². The summed E-state index contributed by atoms with van der Waals surface area (Å²) in [4.78, 5) is 4.50. The molecule has 1 atom stereocenters. The largest absolute Gasteiger partial charge is 0.419 e. The third-order valence-electron chi connectivity index (χ3n) is 5.21. The highest BCUT2D eigenvalue weighted by Crippen LogP contribution is 2.37. The standard InChI is InChI=1S/C25H22N6OS/c1-16-12-13-21(17(2)15-16)31-22(20-11-7-8-14-26-20)27-30-25(31)33-18(3)23-28-29-24(32-23)19-9-5-4-6-10-19/h4-15,18H,1-3H3. The Kier molecular flexibility index (Phi) is 5.75. The van der Waals surface area contributed by atoms with E-state index in [9.17, 15) is 0 Å². The molecule has 0 aliphatic heterocycles. The molecular formula is C25H22N6OS. The van der Waals surface area contributed by atoms with Crippen molar-refractivity contribution < 1.29 is 4.42 Å². The number of rotatable bonds is 6. The van der Waals surface area contributed by atoms with Crippen molar-refractivity contribution in [2.24, 2.45) is 0 Å². The molecular weight excluding hydrogens is 432 g/mol. The maximum absolute atomic E-state index is 5.97. The highest BCUT2D eigenvalue weighted by Gasteiger charge is 2.23. The first kappa shape index (κ1) is 21.1. The Bertz CT molecular complexity index is 1380. The quantitative estimate of drug-likeness (QED) is 0.298. The van der Waals surface area contributed by atoms with Crippen LogP contribution < -0.4 is 0 Å². The number of benzene rings is 2. The molecule has 0 amide bonds. The summed E-state index contributed by atoms with van der Waals surface area (Å²) in [7, 11) is 0. The number of aromatic nitrogens is 6. The zero-order chi connectivity index (χ0) is 22.8. The summed E-state index contributed by atoms with van der Waals surface area (Å²) in [6.07, 6.45) is 1.76. The summed E-state index contributed by atoms with van der Waals surface area (Å²) in [5.41, 5.74) is 4.99. The van der Waals surface area contributed by atoms with Crippen LogP contribution in [0.2, 0.25) is 0 Å².